The number of aryl methyl sites for hydroxylation is 1. The standard InChI is InChI=1S/C29H45N7O3Si/c1-29(2,3)39-28(37)35-11-10-20(16-35)14-24-25-23(21-8-9-21)18-36(19-38-12-13-40(5,6)7)26(25)33-27(32-24)31-22-15-30-34(4)17-22/h15,17-18,20-21H,8-14,16,19H2,1-7H3,(H,31,32,33)/t20-/m0/s1. The SMILES string of the molecule is Cn1cc(Nc2nc(C[C@@H]3CCN(C(=O)OC(C)(C)C)C3)c3c(C4CC4)cn(COCC[Si](C)(C)C)c3n2)cn1. The number of nitrogens with one attached hydrogen (secondary N) is 1. The molecule has 1 atom stereocenters. The predicted molar refractivity (Wildman–Crippen MR) is 160 cm³/mol. The van der Waals surface area contributed by atoms with Crippen molar-refractivity contribution < 1.29 is 14.3 Å². The fraction of sp³-hybridized carbons (Fsp3) is 0.655. The maximum atomic E-state index is 12.7. The minimum absolute atomic E-state index is 0.234. The molecule has 1 amide bonds. The Balaban J connectivity index is 1.43. The molecule has 5 rings (SSSR count). The van der Waals surface area contributed by atoms with Gasteiger partial charge in [0.1, 0.15) is 18.0 Å². The Hall–Kier alpha value is -2.92. The van der Waals surface area contributed by atoms with Crippen LogP contribution in [0.2, 0.25) is 25.7 Å². The maximum Gasteiger partial charge on any atom is 0.410 e. The number of hydrogen-bond donors (Lipinski definition) is 1. The molecule has 1 N–H and O–H groups in total. The van der Waals surface area contributed by atoms with Gasteiger partial charge in [0.2, 0.25) is 5.95 Å². The molecule has 0 bridgehead atoms. The highest BCUT2D eigenvalue weighted by Gasteiger charge is 2.33. The summed E-state index contributed by atoms with van der Waals surface area (Å²) in [7, 11) is 0.717. The zero-order valence-electron chi connectivity index (χ0n) is 25.2. The van der Waals surface area contributed by atoms with E-state index in [0.717, 1.165) is 47.9 Å². The Labute approximate surface area is 238 Å². The number of ether oxygens (including phenoxy) is 2. The van der Waals surface area contributed by atoms with Crippen molar-refractivity contribution in [3.05, 3.63) is 29.8 Å². The van der Waals surface area contributed by atoms with E-state index >= 15 is 0 Å². The molecular weight excluding hydrogens is 522 g/mol. The molecule has 0 aromatic carbocycles. The van der Waals surface area contributed by atoms with E-state index in [9.17, 15) is 4.79 Å². The summed E-state index contributed by atoms with van der Waals surface area (Å²) in [4.78, 5) is 24.6. The van der Waals surface area contributed by atoms with Gasteiger partial charge in [-0.2, -0.15) is 10.1 Å². The molecule has 11 heteroatoms. The number of aromatic nitrogens is 5. The summed E-state index contributed by atoms with van der Waals surface area (Å²) in [6.45, 7) is 15.5. The van der Waals surface area contributed by atoms with E-state index in [0.29, 0.717) is 37.6 Å². The van der Waals surface area contributed by atoms with Crippen LogP contribution in [0.1, 0.15) is 57.2 Å². The van der Waals surface area contributed by atoms with Gasteiger partial charge in [-0.15, -0.1) is 0 Å². The van der Waals surface area contributed by atoms with Gasteiger partial charge in [0.25, 0.3) is 0 Å². The Morgan fingerprint density at radius 2 is 1.93 bits per heavy atom. The van der Waals surface area contributed by atoms with Gasteiger partial charge in [-0.1, -0.05) is 19.6 Å². The number of likely N-dealkylation sites (tertiary alicyclic amines) is 1. The lowest BCUT2D eigenvalue weighted by molar-refractivity contribution is 0.0288. The number of rotatable bonds is 10. The third-order valence-electron chi connectivity index (χ3n) is 7.45. The van der Waals surface area contributed by atoms with Crippen LogP contribution in [-0.2, 0) is 29.7 Å². The molecule has 0 spiro atoms. The Kier molecular flexibility index (Phi) is 7.98. The molecule has 3 aromatic rings. The average Bonchev–Trinajstić information content (AvgIpc) is 3.25. The predicted octanol–water partition coefficient (Wildman–Crippen LogP) is 5.90. The lowest BCUT2D eigenvalue weighted by Crippen LogP contribution is -2.35. The highest BCUT2D eigenvalue weighted by atomic mass is 28.3. The van der Waals surface area contributed by atoms with Crippen LogP contribution >= 0.6 is 0 Å². The molecule has 10 nitrogen and oxygen atoms in total. The summed E-state index contributed by atoms with van der Waals surface area (Å²) in [5, 5.41) is 8.80. The minimum Gasteiger partial charge on any atom is -0.444 e. The average molecular weight is 568 g/mol. The zero-order valence-corrected chi connectivity index (χ0v) is 26.2. The van der Waals surface area contributed by atoms with Crippen molar-refractivity contribution in [2.45, 2.75) is 90.4 Å². The molecule has 218 valence electrons. The number of carbonyl (C=O) groups is 1. The number of fused-ring (bicyclic) bond motifs is 1. The van der Waals surface area contributed by atoms with Crippen molar-refractivity contribution in [2.24, 2.45) is 13.0 Å². The maximum absolute atomic E-state index is 12.7. The normalized spacial score (nSPS) is 18.1. The van der Waals surface area contributed by atoms with Crippen LogP contribution in [-0.4, -0.2) is 68.7 Å². The van der Waals surface area contributed by atoms with Crippen molar-refractivity contribution in [2.75, 3.05) is 25.0 Å². The first kappa shape index (κ1) is 28.6. The summed E-state index contributed by atoms with van der Waals surface area (Å²) < 4.78 is 15.7. The fourth-order valence-electron chi connectivity index (χ4n) is 5.22. The molecule has 0 unspecified atom stereocenters. The molecule has 4 heterocycles. The molecular formula is C29H45N7O3Si. The van der Waals surface area contributed by atoms with Gasteiger partial charge in [-0.25, -0.2) is 9.78 Å². The first-order chi connectivity index (χ1) is 18.8. The number of amides is 1. The van der Waals surface area contributed by atoms with Crippen molar-refractivity contribution in [3.63, 3.8) is 0 Å². The van der Waals surface area contributed by atoms with Crippen LogP contribution in [0.25, 0.3) is 11.0 Å². The van der Waals surface area contributed by atoms with Gasteiger partial charge < -0.3 is 24.3 Å². The molecule has 0 radical (unpaired) electrons. The van der Waals surface area contributed by atoms with Crippen molar-refractivity contribution in [3.8, 4) is 0 Å². The van der Waals surface area contributed by atoms with Gasteiger partial charge in [-0.05, 0) is 69.9 Å². The topological polar surface area (TPSA) is 99.3 Å². The van der Waals surface area contributed by atoms with Crippen LogP contribution in [0.15, 0.2) is 18.6 Å². The van der Waals surface area contributed by atoms with Crippen LogP contribution in [0, 0.1) is 5.92 Å². The zero-order chi connectivity index (χ0) is 28.7. The van der Waals surface area contributed by atoms with E-state index in [-0.39, 0.29) is 6.09 Å². The largest absolute Gasteiger partial charge is 0.444 e. The Morgan fingerprint density at radius 3 is 2.58 bits per heavy atom. The van der Waals surface area contributed by atoms with Crippen LogP contribution in [0.3, 0.4) is 0 Å². The van der Waals surface area contributed by atoms with E-state index in [1.165, 1.54) is 18.4 Å². The van der Waals surface area contributed by atoms with Gasteiger partial charge in [0, 0.05) is 52.6 Å². The second-order valence-corrected chi connectivity index (χ2v) is 19.3. The first-order valence-electron chi connectivity index (χ1n) is 14.6. The van der Waals surface area contributed by atoms with Crippen molar-refractivity contribution in [1.82, 2.24) is 29.2 Å². The quantitative estimate of drug-likeness (QED) is 0.241. The first-order valence-corrected chi connectivity index (χ1v) is 18.3. The number of carbonyl (C=O) groups excluding carboxylic acids is 1. The smallest absolute Gasteiger partial charge is 0.410 e. The van der Waals surface area contributed by atoms with Crippen LogP contribution in [0.4, 0.5) is 16.4 Å². The van der Waals surface area contributed by atoms with Crippen molar-refractivity contribution in [1.29, 1.82) is 0 Å². The third kappa shape index (κ3) is 7.23. The third-order valence-corrected chi connectivity index (χ3v) is 9.15. The Bertz CT molecular complexity index is 1350. The molecule has 1 aliphatic carbocycles. The van der Waals surface area contributed by atoms with Gasteiger partial charge >= 0.3 is 6.09 Å². The summed E-state index contributed by atoms with van der Waals surface area (Å²) in [6.07, 6.45) is 9.79. The minimum atomic E-state index is -1.17. The fourth-order valence-corrected chi connectivity index (χ4v) is 5.97. The van der Waals surface area contributed by atoms with Gasteiger partial charge in [0.05, 0.1) is 17.6 Å². The van der Waals surface area contributed by atoms with Gasteiger partial charge in [-0.3, -0.25) is 4.68 Å². The van der Waals surface area contributed by atoms with Crippen LogP contribution < -0.4 is 5.32 Å². The summed E-state index contributed by atoms with van der Waals surface area (Å²) in [5.41, 5.74) is 3.62. The molecule has 1 aliphatic heterocycles. The summed E-state index contributed by atoms with van der Waals surface area (Å²) in [6, 6.07) is 1.13. The van der Waals surface area contributed by atoms with Crippen molar-refractivity contribution >= 4 is 36.8 Å². The number of nitrogens with zero attached hydrogens (tertiary/aromatic N) is 6. The highest BCUT2D eigenvalue weighted by molar-refractivity contribution is 6.76. The molecule has 1 saturated carbocycles. The van der Waals surface area contributed by atoms with E-state index < -0.39 is 13.7 Å². The molecule has 1 saturated heterocycles. The van der Waals surface area contributed by atoms with E-state index in [4.69, 9.17) is 19.4 Å². The highest BCUT2D eigenvalue weighted by Crippen LogP contribution is 2.45. The van der Waals surface area contributed by atoms with E-state index in [1.54, 1.807) is 10.9 Å². The van der Waals surface area contributed by atoms with Gasteiger partial charge in [0.15, 0.2) is 0 Å². The van der Waals surface area contributed by atoms with E-state index in [2.05, 4.69) is 40.8 Å². The lowest BCUT2D eigenvalue weighted by atomic mass is 9.99. The molecule has 2 fully saturated rings. The van der Waals surface area contributed by atoms with E-state index in [1.807, 2.05) is 38.9 Å². The Morgan fingerprint density at radius 1 is 1.15 bits per heavy atom. The monoisotopic (exact) mass is 567 g/mol. The second-order valence-electron chi connectivity index (χ2n) is 13.7. The number of anilines is 2. The second kappa shape index (κ2) is 11.2. The molecule has 40 heavy (non-hydrogen) atoms. The summed E-state index contributed by atoms with van der Waals surface area (Å²) in [5.74, 6) is 1.41. The lowest BCUT2D eigenvalue weighted by Gasteiger charge is -2.24. The molecule has 2 aliphatic rings. The van der Waals surface area contributed by atoms with Crippen LogP contribution in [0.5, 0.6) is 0 Å². The number of hydrogen-bond acceptors (Lipinski definition) is 7. The molecule has 3 aromatic heterocycles. The summed E-state index contributed by atoms with van der Waals surface area (Å²) >= 11 is 0.